The molecule has 2 amide bonds. The Morgan fingerprint density at radius 2 is 1.62 bits per heavy atom. The van der Waals surface area contributed by atoms with Crippen LogP contribution in [-0.4, -0.2) is 35.0 Å². The Morgan fingerprint density at radius 1 is 0.882 bits per heavy atom. The van der Waals surface area contributed by atoms with Gasteiger partial charge < -0.3 is 20.5 Å². The van der Waals surface area contributed by atoms with Crippen molar-refractivity contribution >= 4 is 17.8 Å². The molecule has 2 aliphatic heterocycles. The molecule has 1 aliphatic carbocycles. The predicted molar refractivity (Wildman–Crippen MR) is 128 cm³/mol. The number of carbonyl (C=O) groups excluding carboxylic acids is 2. The van der Waals surface area contributed by atoms with Crippen LogP contribution in [-0.2, 0) is 27.2 Å². The van der Waals surface area contributed by atoms with E-state index in [1.165, 1.54) is 0 Å². The van der Waals surface area contributed by atoms with Crippen LogP contribution in [0.2, 0.25) is 0 Å². The first-order valence-corrected chi connectivity index (χ1v) is 12.1. The summed E-state index contributed by atoms with van der Waals surface area (Å²) in [6, 6.07) is 13.0. The van der Waals surface area contributed by atoms with E-state index in [2.05, 4.69) is 10.6 Å². The molecule has 2 aromatic rings. The van der Waals surface area contributed by atoms with E-state index >= 15 is 0 Å². The number of hydrogen-bond donors (Lipinski definition) is 3. The number of carboxylic acids is 1. The molecule has 0 spiro atoms. The van der Waals surface area contributed by atoms with Crippen molar-refractivity contribution in [3.8, 4) is 11.5 Å². The molecule has 4 bridgehead atoms. The molecule has 3 N–H and O–H groups in total. The van der Waals surface area contributed by atoms with Crippen LogP contribution >= 0.6 is 0 Å². The third-order valence-electron chi connectivity index (χ3n) is 6.80. The highest BCUT2D eigenvalue weighted by atomic mass is 16.5. The van der Waals surface area contributed by atoms with Crippen LogP contribution in [0.4, 0.5) is 0 Å². The SMILES string of the molecule is CC1Cc2ccc(cc2)Oc2cccc(c2)CC(C(=O)O)NC(=O)C(C2CCCCC2)NC1=O. The van der Waals surface area contributed by atoms with Crippen LogP contribution in [0.5, 0.6) is 11.5 Å². The number of benzene rings is 2. The summed E-state index contributed by atoms with van der Waals surface area (Å²) in [5.41, 5.74) is 1.73. The smallest absolute Gasteiger partial charge is 0.326 e. The maximum atomic E-state index is 13.3. The molecule has 3 aliphatic rings. The lowest BCUT2D eigenvalue weighted by atomic mass is 9.83. The summed E-state index contributed by atoms with van der Waals surface area (Å²) < 4.78 is 5.94. The van der Waals surface area contributed by atoms with Crippen LogP contribution in [0.25, 0.3) is 0 Å². The first kappa shape index (κ1) is 23.8. The molecule has 1 fully saturated rings. The van der Waals surface area contributed by atoms with Crippen LogP contribution in [0.1, 0.15) is 50.2 Å². The Bertz CT molecular complexity index is 1030. The summed E-state index contributed by atoms with van der Waals surface area (Å²) in [6.45, 7) is 1.84. The molecule has 7 nitrogen and oxygen atoms in total. The number of carbonyl (C=O) groups is 3. The van der Waals surface area contributed by atoms with Crippen molar-refractivity contribution in [1.82, 2.24) is 10.6 Å². The molecular weight excluding hydrogens is 432 g/mol. The average Bonchev–Trinajstić information content (AvgIpc) is 2.83. The molecule has 2 aromatic carbocycles. The lowest BCUT2D eigenvalue weighted by molar-refractivity contribution is -0.142. The number of amides is 2. The molecule has 0 radical (unpaired) electrons. The van der Waals surface area contributed by atoms with Gasteiger partial charge in [-0.1, -0.05) is 50.5 Å². The predicted octanol–water partition coefficient (Wildman–Crippen LogP) is 3.85. The van der Waals surface area contributed by atoms with E-state index in [0.29, 0.717) is 17.9 Å². The fourth-order valence-corrected chi connectivity index (χ4v) is 4.87. The second kappa shape index (κ2) is 10.7. The number of nitrogens with one attached hydrogen (secondary N) is 2. The lowest BCUT2D eigenvalue weighted by Gasteiger charge is -2.31. The number of hydrogen-bond acceptors (Lipinski definition) is 4. The molecule has 0 aromatic heterocycles. The van der Waals surface area contributed by atoms with E-state index in [-0.39, 0.29) is 24.2 Å². The third-order valence-corrected chi connectivity index (χ3v) is 6.80. The summed E-state index contributed by atoms with van der Waals surface area (Å²) >= 11 is 0. The molecule has 1 saturated carbocycles. The van der Waals surface area contributed by atoms with E-state index in [1.807, 2.05) is 43.3 Å². The molecule has 34 heavy (non-hydrogen) atoms. The molecule has 0 saturated heterocycles. The van der Waals surface area contributed by atoms with Crippen LogP contribution < -0.4 is 15.4 Å². The Morgan fingerprint density at radius 3 is 2.32 bits per heavy atom. The Labute approximate surface area is 199 Å². The monoisotopic (exact) mass is 464 g/mol. The first-order chi connectivity index (χ1) is 16.4. The van der Waals surface area contributed by atoms with E-state index in [0.717, 1.165) is 43.2 Å². The van der Waals surface area contributed by atoms with E-state index in [4.69, 9.17) is 4.74 Å². The van der Waals surface area contributed by atoms with Gasteiger partial charge in [0.2, 0.25) is 11.8 Å². The van der Waals surface area contributed by atoms with Crippen molar-refractivity contribution in [2.75, 3.05) is 0 Å². The highest BCUT2D eigenvalue weighted by Gasteiger charge is 2.34. The van der Waals surface area contributed by atoms with Gasteiger partial charge in [0.05, 0.1) is 0 Å². The molecule has 2 heterocycles. The highest BCUT2D eigenvalue weighted by Crippen LogP contribution is 2.28. The van der Waals surface area contributed by atoms with Crippen LogP contribution in [0.15, 0.2) is 48.5 Å². The van der Waals surface area contributed by atoms with Gasteiger partial charge in [-0.05, 0) is 60.6 Å². The van der Waals surface area contributed by atoms with Gasteiger partial charge in [-0.15, -0.1) is 0 Å². The van der Waals surface area contributed by atoms with E-state index in [1.54, 1.807) is 12.1 Å². The summed E-state index contributed by atoms with van der Waals surface area (Å²) in [7, 11) is 0. The van der Waals surface area contributed by atoms with Gasteiger partial charge in [0.1, 0.15) is 23.6 Å². The van der Waals surface area contributed by atoms with Crippen molar-refractivity contribution in [3.05, 3.63) is 59.7 Å². The van der Waals surface area contributed by atoms with Gasteiger partial charge in [-0.2, -0.15) is 0 Å². The van der Waals surface area contributed by atoms with Crippen molar-refractivity contribution in [2.24, 2.45) is 11.8 Å². The molecule has 3 unspecified atom stereocenters. The van der Waals surface area contributed by atoms with Crippen LogP contribution in [0, 0.1) is 11.8 Å². The Kier molecular flexibility index (Phi) is 7.50. The third kappa shape index (κ3) is 5.95. The largest absolute Gasteiger partial charge is 0.480 e. The molecular formula is C27H32N2O5. The number of fused-ring (bicyclic) bond motifs is 10. The fraction of sp³-hybridized carbons (Fsp3) is 0.444. The topological polar surface area (TPSA) is 105 Å². The summed E-state index contributed by atoms with van der Waals surface area (Å²) in [5, 5.41) is 15.5. The van der Waals surface area contributed by atoms with Crippen molar-refractivity contribution < 1.29 is 24.2 Å². The zero-order valence-corrected chi connectivity index (χ0v) is 19.5. The number of carboxylic acid groups (broad SMARTS) is 1. The first-order valence-electron chi connectivity index (χ1n) is 12.1. The Hall–Kier alpha value is -3.35. The molecule has 180 valence electrons. The molecule has 3 atom stereocenters. The van der Waals surface area contributed by atoms with Gasteiger partial charge in [0, 0.05) is 12.3 Å². The lowest BCUT2D eigenvalue weighted by Crippen LogP contribution is -2.56. The minimum Gasteiger partial charge on any atom is -0.480 e. The quantitative estimate of drug-likeness (QED) is 0.626. The van der Waals surface area contributed by atoms with Gasteiger partial charge in [0.25, 0.3) is 0 Å². The number of rotatable bonds is 2. The van der Waals surface area contributed by atoms with Gasteiger partial charge >= 0.3 is 5.97 Å². The van der Waals surface area contributed by atoms with E-state index < -0.39 is 24.0 Å². The minimum atomic E-state index is -1.12. The summed E-state index contributed by atoms with van der Waals surface area (Å²) in [6.07, 6.45) is 5.43. The minimum absolute atomic E-state index is 0.00237. The summed E-state index contributed by atoms with van der Waals surface area (Å²) in [4.78, 5) is 38.4. The molecule has 7 heteroatoms. The average molecular weight is 465 g/mol. The highest BCUT2D eigenvalue weighted by molar-refractivity contribution is 5.91. The maximum absolute atomic E-state index is 13.3. The Balaban J connectivity index is 1.67. The van der Waals surface area contributed by atoms with Gasteiger partial charge in [-0.3, -0.25) is 9.59 Å². The van der Waals surface area contributed by atoms with Crippen LogP contribution in [0.3, 0.4) is 0 Å². The maximum Gasteiger partial charge on any atom is 0.326 e. The van der Waals surface area contributed by atoms with E-state index in [9.17, 15) is 19.5 Å². The zero-order valence-electron chi connectivity index (χ0n) is 19.5. The van der Waals surface area contributed by atoms with Gasteiger partial charge in [-0.25, -0.2) is 4.79 Å². The van der Waals surface area contributed by atoms with Crippen molar-refractivity contribution in [2.45, 2.75) is 64.0 Å². The van der Waals surface area contributed by atoms with Gasteiger partial charge in [0.15, 0.2) is 0 Å². The second-order valence-corrected chi connectivity index (χ2v) is 9.49. The summed E-state index contributed by atoms with van der Waals surface area (Å²) in [5.74, 6) is -0.841. The molecule has 5 rings (SSSR count). The second-order valence-electron chi connectivity index (χ2n) is 9.49. The van der Waals surface area contributed by atoms with Crippen molar-refractivity contribution in [3.63, 3.8) is 0 Å². The zero-order chi connectivity index (χ0) is 24.1. The van der Waals surface area contributed by atoms with Crippen molar-refractivity contribution in [1.29, 1.82) is 0 Å². The standard InChI is InChI=1S/C27H32N2O5/c1-17-14-18-10-12-21(13-11-18)34-22-9-5-6-19(15-22)16-23(27(32)33)28-26(31)24(29-25(17)30)20-7-3-2-4-8-20/h5-6,9-13,15,17,20,23-24H,2-4,7-8,14,16H2,1H3,(H,28,31)(H,29,30)(H,32,33). The number of ether oxygens (including phenoxy) is 1. The normalized spacial score (nSPS) is 24.4. The number of aliphatic carboxylic acids is 1. The fourth-order valence-electron chi connectivity index (χ4n) is 4.87.